The summed E-state index contributed by atoms with van der Waals surface area (Å²) in [4.78, 5) is 11.6. The summed E-state index contributed by atoms with van der Waals surface area (Å²) in [5, 5.41) is 2.36. The molecule has 0 aliphatic carbocycles. The van der Waals surface area contributed by atoms with E-state index in [2.05, 4.69) is 5.32 Å². The van der Waals surface area contributed by atoms with Gasteiger partial charge in [0.1, 0.15) is 0 Å². The van der Waals surface area contributed by atoms with Crippen LogP contribution in [0.1, 0.15) is 33.6 Å². The summed E-state index contributed by atoms with van der Waals surface area (Å²) >= 11 is 0. The third-order valence-electron chi connectivity index (χ3n) is 3.09. The van der Waals surface area contributed by atoms with Crippen LogP contribution in [0.25, 0.3) is 0 Å². The standard InChI is InChI=1S/C11H19F3N2O2/c1-9(2)6-7(4-5-18-9)16-8(17)10(3,15)11(12,13)14/h7H,4-6,15H2,1-3H3,(H,16,17). The summed E-state index contributed by atoms with van der Waals surface area (Å²) in [6, 6.07) is -0.341. The second kappa shape index (κ2) is 4.70. The van der Waals surface area contributed by atoms with E-state index in [1.165, 1.54) is 0 Å². The fraction of sp³-hybridized carbons (Fsp3) is 0.909. The lowest BCUT2D eigenvalue weighted by Crippen LogP contribution is -2.63. The Morgan fingerprint density at radius 2 is 2.00 bits per heavy atom. The SMILES string of the molecule is CC1(C)CC(NC(=O)C(C)(N)C(F)(F)F)CCO1. The van der Waals surface area contributed by atoms with Gasteiger partial charge in [-0.3, -0.25) is 4.79 Å². The zero-order valence-electron chi connectivity index (χ0n) is 10.7. The lowest BCUT2D eigenvalue weighted by molar-refractivity contribution is -0.188. The summed E-state index contributed by atoms with van der Waals surface area (Å²) in [6.45, 7) is 4.74. The molecule has 7 heteroatoms. The molecule has 1 rings (SSSR count). The van der Waals surface area contributed by atoms with Gasteiger partial charge in [0.05, 0.1) is 5.60 Å². The normalized spacial score (nSPS) is 27.4. The number of rotatable bonds is 2. The molecule has 0 radical (unpaired) electrons. The van der Waals surface area contributed by atoms with Gasteiger partial charge >= 0.3 is 6.18 Å². The topological polar surface area (TPSA) is 64.4 Å². The van der Waals surface area contributed by atoms with Crippen molar-refractivity contribution in [2.45, 2.75) is 57.0 Å². The van der Waals surface area contributed by atoms with Crippen LogP contribution in [-0.2, 0) is 9.53 Å². The van der Waals surface area contributed by atoms with E-state index in [0.717, 1.165) is 0 Å². The minimum atomic E-state index is -4.77. The molecule has 0 aromatic carbocycles. The van der Waals surface area contributed by atoms with Crippen LogP contribution in [0.3, 0.4) is 0 Å². The van der Waals surface area contributed by atoms with E-state index < -0.39 is 23.2 Å². The molecule has 0 aromatic rings. The molecule has 2 atom stereocenters. The quantitative estimate of drug-likeness (QED) is 0.794. The third-order valence-corrected chi connectivity index (χ3v) is 3.09. The number of halogens is 3. The molecule has 106 valence electrons. The van der Waals surface area contributed by atoms with Crippen LogP contribution >= 0.6 is 0 Å². The average Bonchev–Trinajstić information content (AvgIpc) is 2.13. The number of hydrogen-bond acceptors (Lipinski definition) is 3. The first-order valence-electron chi connectivity index (χ1n) is 5.76. The first kappa shape index (κ1) is 15.2. The average molecular weight is 268 g/mol. The first-order valence-corrected chi connectivity index (χ1v) is 5.76. The molecule has 0 aromatic heterocycles. The minimum Gasteiger partial charge on any atom is -0.375 e. The lowest BCUT2D eigenvalue weighted by atomic mass is 9.92. The summed E-state index contributed by atoms with van der Waals surface area (Å²) in [7, 11) is 0. The van der Waals surface area contributed by atoms with Crippen LogP contribution in [0.2, 0.25) is 0 Å². The van der Waals surface area contributed by atoms with Crippen molar-refractivity contribution in [3.63, 3.8) is 0 Å². The molecule has 0 saturated carbocycles. The van der Waals surface area contributed by atoms with Gasteiger partial charge in [-0.25, -0.2) is 0 Å². The van der Waals surface area contributed by atoms with Crippen molar-refractivity contribution in [3.05, 3.63) is 0 Å². The van der Waals surface area contributed by atoms with Crippen LogP contribution in [0, 0.1) is 0 Å². The second-order valence-corrected chi connectivity index (χ2v) is 5.47. The largest absolute Gasteiger partial charge is 0.415 e. The second-order valence-electron chi connectivity index (χ2n) is 5.47. The molecular formula is C11H19F3N2O2. The maximum atomic E-state index is 12.6. The Hall–Kier alpha value is -0.820. The van der Waals surface area contributed by atoms with Crippen molar-refractivity contribution in [3.8, 4) is 0 Å². The van der Waals surface area contributed by atoms with Gasteiger partial charge < -0.3 is 15.8 Å². The van der Waals surface area contributed by atoms with E-state index >= 15 is 0 Å². The summed E-state index contributed by atoms with van der Waals surface area (Å²) in [5.41, 5.74) is 1.74. The minimum absolute atomic E-state index is 0.341. The van der Waals surface area contributed by atoms with Crippen molar-refractivity contribution in [2.24, 2.45) is 5.73 Å². The Kier molecular flexibility index (Phi) is 3.97. The van der Waals surface area contributed by atoms with Gasteiger partial charge in [0.25, 0.3) is 0 Å². The Bertz CT molecular complexity index is 327. The highest BCUT2D eigenvalue weighted by Crippen LogP contribution is 2.29. The Balaban J connectivity index is 2.65. The Morgan fingerprint density at radius 3 is 2.44 bits per heavy atom. The number of ether oxygens (including phenoxy) is 1. The van der Waals surface area contributed by atoms with Crippen LogP contribution in [0.5, 0.6) is 0 Å². The zero-order chi connectivity index (χ0) is 14.2. The number of carbonyl (C=O) groups excluding carboxylic acids is 1. The van der Waals surface area contributed by atoms with Gasteiger partial charge in [0.15, 0.2) is 5.54 Å². The maximum Gasteiger partial charge on any atom is 0.415 e. The molecule has 2 unspecified atom stereocenters. The number of alkyl halides is 3. The monoisotopic (exact) mass is 268 g/mol. The molecule has 18 heavy (non-hydrogen) atoms. The van der Waals surface area contributed by atoms with Gasteiger partial charge in [0.2, 0.25) is 5.91 Å². The Labute approximate surface area is 104 Å². The highest BCUT2D eigenvalue weighted by Gasteiger charge is 2.54. The van der Waals surface area contributed by atoms with E-state index in [-0.39, 0.29) is 6.04 Å². The zero-order valence-corrected chi connectivity index (χ0v) is 10.7. The number of nitrogens with two attached hydrogens (primary N) is 1. The van der Waals surface area contributed by atoms with Crippen molar-refractivity contribution in [2.75, 3.05) is 6.61 Å². The predicted octanol–water partition coefficient (Wildman–Crippen LogP) is 1.34. The molecule has 1 fully saturated rings. The van der Waals surface area contributed by atoms with Crippen molar-refractivity contribution in [1.29, 1.82) is 0 Å². The van der Waals surface area contributed by atoms with E-state index in [1.54, 1.807) is 0 Å². The van der Waals surface area contributed by atoms with Crippen molar-refractivity contribution < 1.29 is 22.7 Å². The van der Waals surface area contributed by atoms with Gasteiger partial charge in [-0.15, -0.1) is 0 Å². The molecule has 1 saturated heterocycles. The molecule has 0 bridgehead atoms. The number of nitrogens with one attached hydrogen (secondary N) is 1. The van der Waals surface area contributed by atoms with Gasteiger partial charge in [-0.05, 0) is 33.6 Å². The van der Waals surface area contributed by atoms with Crippen LogP contribution in [-0.4, -0.2) is 35.9 Å². The fourth-order valence-electron chi connectivity index (χ4n) is 1.82. The Morgan fingerprint density at radius 1 is 1.44 bits per heavy atom. The smallest absolute Gasteiger partial charge is 0.375 e. The van der Waals surface area contributed by atoms with E-state index in [9.17, 15) is 18.0 Å². The molecule has 1 aliphatic rings. The van der Waals surface area contributed by atoms with Gasteiger partial charge in [-0.2, -0.15) is 13.2 Å². The highest BCUT2D eigenvalue weighted by atomic mass is 19.4. The fourth-order valence-corrected chi connectivity index (χ4v) is 1.82. The number of carbonyl (C=O) groups is 1. The first-order chi connectivity index (χ1) is 7.96. The van der Waals surface area contributed by atoms with Gasteiger partial charge in [0, 0.05) is 12.6 Å². The lowest BCUT2D eigenvalue weighted by Gasteiger charge is -2.37. The van der Waals surface area contributed by atoms with E-state index in [0.29, 0.717) is 26.4 Å². The van der Waals surface area contributed by atoms with E-state index in [1.807, 2.05) is 13.8 Å². The van der Waals surface area contributed by atoms with E-state index in [4.69, 9.17) is 10.5 Å². The molecule has 4 nitrogen and oxygen atoms in total. The predicted molar refractivity (Wildman–Crippen MR) is 59.8 cm³/mol. The number of hydrogen-bond donors (Lipinski definition) is 2. The highest BCUT2D eigenvalue weighted by molar-refractivity contribution is 5.86. The van der Waals surface area contributed by atoms with Crippen molar-refractivity contribution >= 4 is 5.91 Å². The third kappa shape index (κ3) is 3.35. The summed E-state index contributed by atoms with van der Waals surface area (Å²) in [5.74, 6) is -1.20. The maximum absolute atomic E-state index is 12.6. The molecule has 0 spiro atoms. The summed E-state index contributed by atoms with van der Waals surface area (Å²) < 4.78 is 43.2. The molecule has 1 heterocycles. The van der Waals surface area contributed by atoms with Gasteiger partial charge in [-0.1, -0.05) is 0 Å². The number of amides is 1. The summed E-state index contributed by atoms with van der Waals surface area (Å²) in [6.07, 6.45) is -3.81. The van der Waals surface area contributed by atoms with Crippen molar-refractivity contribution in [1.82, 2.24) is 5.32 Å². The molecule has 3 N–H and O–H groups in total. The van der Waals surface area contributed by atoms with Crippen LogP contribution in [0.15, 0.2) is 0 Å². The molecule has 1 aliphatic heterocycles. The van der Waals surface area contributed by atoms with Crippen LogP contribution < -0.4 is 11.1 Å². The molecular weight excluding hydrogens is 249 g/mol. The van der Waals surface area contributed by atoms with Crippen LogP contribution in [0.4, 0.5) is 13.2 Å². The molecule has 1 amide bonds.